The Morgan fingerprint density at radius 2 is 1.77 bits per heavy atom. The molecule has 0 radical (unpaired) electrons. The van der Waals surface area contributed by atoms with Gasteiger partial charge in [-0.25, -0.2) is 0 Å². The first-order chi connectivity index (χ1) is 12.5. The van der Waals surface area contributed by atoms with Gasteiger partial charge in [0.05, 0.1) is 5.92 Å². The number of rotatable bonds is 9. The van der Waals surface area contributed by atoms with E-state index in [9.17, 15) is 14.4 Å². The van der Waals surface area contributed by atoms with E-state index >= 15 is 0 Å². The zero-order chi connectivity index (χ0) is 18.9. The molecule has 0 heterocycles. The zero-order valence-electron chi connectivity index (χ0n) is 15.3. The monoisotopic (exact) mass is 360 g/mol. The summed E-state index contributed by atoms with van der Waals surface area (Å²) in [5, 5.41) is 14.8. The van der Waals surface area contributed by atoms with E-state index in [2.05, 4.69) is 10.6 Å². The number of benzene rings is 1. The van der Waals surface area contributed by atoms with Crippen molar-refractivity contribution in [2.24, 2.45) is 11.8 Å². The Balaban J connectivity index is 1.81. The second-order valence-electron chi connectivity index (χ2n) is 6.93. The van der Waals surface area contributed by atoms with Crippen molar-refractivity contribution in [3.05, 3.63) is 35.4 Å². The molecular weight excluding hydrogens is 332 g/mol. The van der Waals surface area contributed by atoms with Gasteiger partial charge in [0.25, 0.3) is 5.91 Å². The minimum absolute atomic E-state index is 0.111. The van der Waals surface area contributed by atoms with E-state index in [0.717, 1.165) is 37.7 Å². The molecule has 0 saturated heterocycles. The quantitative estimate of drug-likeness (QED) is 0.631. The third-order valence-electron chi connectivity index (χ3n) is 4.90. The topological polar surface area (TPSA) is 95.5 Å². The lowest BCUT2D eigenvalue weighted by Gasteiger charge is -2.13. The maximum absolute atomic E-state index is 12.2. The lowest BCUT2D eigenvalue weighted by atomic mass is 10.0. The van der Waals surface area contributed by atoms with Crippen LogP contribution in [0.25, 0.3) is 0 Å². The predicted molar refractivity (Wildman–Crippen MR) is 98.6 cm³/mol. The van der Waals surface area contributed by atoms with E-state index < -0.39 is 11.9 Å². The van der Waals surface area contributed by atoms with Crippen molar-refractivity contribution >= 4 is 17.8 Å². The summed E-state index contributed by atoms with van der Waals surface area (Å²) in [5.74, 6) is -1.48. The van der Waals surface area contributed by atoms with Crippen LogP contribution in [0.1, 0.15) is 61.4 Å². The molecule has 0 aromatic heterocycles. The van der Waals surface area contributed by atoms with E-state index in [1.165, 1.54) is 0 Å². The first-order valence-electron chi connectivity index (χ1n) is 9.39. The molecule has 0 bridgehead atoms. The molecule has 1 atom stereocenters. The molecule has 6 nitrogen and oxygen atoms in total. The standard InChI is InChI=1S/C20H28N2O4/c1-2-5-17(20(25)26)13-22-19(24)16-10-8-14(9-11-16)12-21-18(23)15-6-3-4-7-15/h8-11,15,17H,2-7,12-13H2,1H3,(H,21,23)(H,22,24)(H,25,26). The summed E-state index contributed by atoms with van der Waals surface area (Å²) in [6, 6.07) is 7.01. The summed E-state index contributed by atoms with van der Waals surface area (Å²) in [6.45, 7) is 2.50. The van der Waals surface area contributed by atoms with Crippen molar-refractivity contribution < 1.29 is 19.5 Å². The lowest BCUT2D eigenvalue weighted by Crippen LogP contribution is -2.33. The molecule has 0 spiro atoms. The highest BCUT2D eigenvalue weighted by Crippen LogP contribution is 2.24. The molecule has 0 aliphatic heterocycles. The van der Waals surface area contributed by atoms with Crippen molar-refractivity contribution in [1.29, 1.82) is 0 Å². The fourth-order valence-corrected chi connectivity index (χ4v) is 3.27. The summed E-state index contributed by atoms with van der Waals surface area (Å²) in [4.78, 5) is 35.3. The van der Waals surface area contributed by atoms with Gasteiger partial charge >= 0.3 is 5.97 Å². The fraction of sp³-hybridized carbons (Fsp3) is 0.550. The average Bonchev–Trinajstić information content (AvgIpc) is 3.18. The number of aliphatic carboxylic acids is 1. The van der Waals surface area contributed by atoms with Crippen LogP contribution in [-0.4, -0.2) is 29.4 Å². The van der Waals surface area contributed by atoms with Crippen LogP contribution < -0.4 is 10.6 Å². The lowest BCUT2D eigenvalue weighted by molar-refractivity contribution is -0.141. The summed E-state index contributed by atoms with van der Waals surface area (Å²) in [7, 11) is 0. The van der Waals surface area contributed by atoms with Gasteiger partial charge < -0.3 is 15.7 Å². The van der Waals surface area contributed by atoms with Gasteiger partial charge in [-0.05, 0) is 37.0 Å². The van der Waals surface area contributed by atoms with Gasteiger partial charge in [0, 0.05) is 24.6 Å². The Morgan fingerprint density at radius 3 is 2.35 bits per heavy atom. The molecule has 3 N–H and O–H groups in total. The van der Waals surface area contributed by atoms with E-state index in [4.69, 9.17) is 5.11 Å². The highest BCUT2D eigenvalue weighted by molar-refractivity contribution is 5.94. The second kappa shape index (κ2) is 9.94. The van der Waals surface area contributed by atoms with Gasteiger partial charge in [0.15, 0.2) is 0 Å². The van der Waals surface area contributed by atoms with E-state index in [0.29, 0.717) is 18.5 Å². The number of nitrogens with one attached hydrogen (secondary N) is 2. The minimum Gasteiger partial charge on any atom is -0.481 e. The molecule has 1 fully saturated rings. The average molecular weight is 360 g/mol. The number of carboxylic acids is 1. The number of hydrogen-bond acceptors (Lipinski definition) is 3. The van der Waals surface area contributed by atoms with Gasteiger partial charge in [0.2, 0.25) is 5.91 Å². The summed E-state index contributed by atoms with van der Waals surface area (Å²) < 4.78 is 0. The Morgan fingerprint density at radius 1 is 1.12 bits per heavy atom. The van der Waals surface area contributed by atoms with E-state index in [-0.39, 0.29) is 24.3 Å². The molecule has 142 valence electrons. The van der Waals surface area contributed by atoms with Crippen LogP contribution >= 0.6 is 0 Å². The van der Waals surface area contributed by atoms with Gasteiger partial charge in [-0.3, -0.25) is 14.4 Å². The van der Waals surface area contributed by atoms with Crippen LogP contribution in [0.5, 0.6) is 0 Å². The molecule has 1 aromatic rings. The number of carbonyl (C=O) groups is 3. The number of amides is 2. The smallest absolute Gasteiger partial charge is 0.308 e. The van der Waals surface area contributed by atoms with Gasteiger partial charge in [-0.15, -0.1) is 0 Å². The third kappa shape index (κ3) is 5.86. The first kappa shape index (κ1) is 19.9. The van der Waals surface area contributed by atoms with Gasteiger partial charge in [-0.2, -0.15) is 0 Å². The van der Waals surface area contributed by atoms with Crippen LogP contribution in [0, 0.1) is 11.8 Å². The normalized spacial score (nSPS) is 15.4. The number of hydrogen-bond donors (Lipinski definition) is 3. The van der Waals surface area contributed by atoms with Crippen LogP contribution in [-0.2, 0) is 16.1 Å². The maximum atomic E-state index is 12.2. The molecule has 1 saturated carbocycles. The van der Waals surface area contributed by atoms with Crippen molar-refractivity contribution in [3.63, 3.8) is 0 Å². The van der Waals surface area contributed by atoms with Crippen LogP contribution in [0.15, 0.2) is 24.3 Å². The summed E-state index contributed by atoms with van der Waals surface area (Å²) >= 11 is 0. The molecule has 2 rings (SSSR count). The van der Waals surface area contributed by atoms with Crippen molar-refractivity contribution in [3.8, 4) is 0 Å². The number of carboxylic acid groups (broad SMARTS) is 1. The van der Waals surface area contributed by atoms with Gasteiger partial charge in [0.1, 0.15) is 0 Å². The Hall–Kier alpha value is -2.37. The molecule has 1 unspecified atom stereocenters. The second-order valence-corrected chi connectivity index (χ2v) is 6.93. The van der Waals surface area contributed by atoms with Crippen LogP contribution in [0.4, 0.5) is 0 Å². The van der Waals surface area contributed by atoms with Crippen LogP contribution in [0.3, 0.4) is 0 Å². The highest BCUT2D eigenvalue weighted by Gasteiger charge is 2.22. The maximum Gasteiger partial charge on any atom is 0.308 e. The molecular formula is C20H28N2O4. The number of carbonyl (C=O) groups excluding carboxylic acids is 2. The fourth-order valence-electron chi connectivity index (χ4n) is 3.27. The molecule has 1 aliphatic carbocycles. The van der Waals surface area contributed by atoms with Crippen molar-refractivity contribution in [2.75, 3.05) is 6.54 Å². The van der Waals surface area contributed by atoms with Crippen molar-refractivity contribution in [2.45, 2.75) is 52.0 Å². The minimum atomic E-state index is -0.888. The zero-order valence-corrected chi connectivity index (χ0v) is 15.3. The predicted octanol–water partition coefficient (Wildman–Crippen LogP) is 2.72. The SMILES string of the molecule is CCCC(CNC(=O)c1ccc(CNC(=O)C2CCCC2)cc1)C(=O)O. The molecule has 6 heteroatoms. The largest absolute Gasteiger partial charge is 0.481 e. The molecule has 1 aliphatic rings. The Bertz CT molecular complexity index is 621. The first-order valence-corrected chi connectivity index (χ1v) is 9.39. The summed E-state index contributed by atoms with van der Waals surface area (Å²) in [6.07, 6.45) is 5.50. The van der Waals surface area contributed by atoms with E-state index in [1.54, 1.807) is 12.1 Å². The summed E-state index contributed by atoms with van der Waals surface area (Å²) in [5.41, 5.74) is 1.42. The van der Waals surface area contributed by atoms with Crippen molar-refractivity contribution in [1.82, 2.24) is 10.6 Å². The molecule has 1 aromatic carbocycles. The highest BCUT2D eigenvalue weighted by atomic mass is 16.4. The Labute approximate surface area is 154 Å². The molecule has 2 amide bonds. The third-order valence-corrected chi connectivity index (χ3v) is 4.90. The molecule has 26 heavy (non-hydrogen) atoms. The van der Waals surface area contributed by atoms with Crippen LogP contribution in [0.2, 0.25) is 0 Å². The van der Waals surface area contributed by atoms with E-state index in [1.807, 2.05) is 19.1 Å². The van der Waals surface area contributed by atoms with Gasteiger partial charge in [-0.1, -0.05) is 38.3 Å². The Kier molecular flexibility index (Phi) is 7.63.